The van der Waals surface area contributed by atoms with Gasteiger partial charge in [0, 0.05) is 17.8 Å². The van der Waals surface area contributed by atoms with Crippen LogP contribution in [0.2, 0.25) is 0 Å². The van der Waals surface area contributed by atoms with Crippen LogP contribution in [0.25, 0.3) is 0 Å². The van der Waals surface area contributed by atoms with Gasteiger partial charge in [-0.1, -0.05) is 0 Å². The van der Waals surface area contributed by atoms with Crippen molar-refractivity contribution in [3.8, 4) is 11.5 Å². The molecule has 0 saturated carbocycles. The van der Waals surface area contributed by atoms with Crippen molar-refractivity contribution in [1.82, 2.24) is 4.98 Å². The van der Waals surface area contributed by atoms with Crippen molar-refractivity contribution >= 4 is 11.5 Å². The van der Waals surface area contributed by atoms with Crippen molar-refractivity contribution in [2.24, 2.45) is 0 Å². The molecule has 6 nitrogen and oxygen atoms in total. The fourth-order valence-electron chi connectivity index (χ4n) is 1.27. The van der Waals surface area contributed by atoms with Gasteiger partial charge >= 0.3 is 5.82 Å². The van der Waals surface area contributed by atoms with Crippen molar-refractivity contribution < 1.29 is 14.1 Å². The fraction of sp³-hybridized carbons (Fsp3) is 0. The van der Waals surface area contributed by atoms with Gasteiger partial charge in [-0.05, 0) is 28.1 Å². The number of rotatable bonds is 3. The number of nitrogens with zero attached hydrogens (tertiary/aromatic N) is 2. The van der Waals surface area contributed by atoms with Gasteiger partial charge in [0.15, 0.2) is 23.5 Å². The van der Waals surface area contributed by atoms with Crippen LogP contribution >= 0.6 is 0 Å². The number of pyridine rings is 1. The Morgan fingerprint density at radius 3 is 2.67 bits per heavy atom. The maximum atomic E-state index is 13.4. The molecular weight excluding hydrogens is 241 g/mol. The molecule has 0 aliphatic carbocycles. The second-order valence-corrected chi connectivity index (χ2v) is 3.40. The van der Waals surface area contributed by atoms with Gasteiger partial charge in [0.2, 0.25) is 0 Å². The SMILES string of the molecule is Nc1ccc(Oc2ccc([N+](=O)[O-])nc2)c(F)c1. The van der Waals surface area contributed by atoms with E-state index in [1.54, 1.807) is 0 Å². The van der Waals surface area contributed by atoms with E-state index in [2.05, 4.69) is 4.98 Å². The van der Waals surface area contributed by atoms with Gasteiger partial charge in [0.1, 0.15) is 0 Å². The van der Waals surface area contributed by atoms with Crippen molar-refractivity contribution in [2.45, 2.75) is 0 Å². The molecule has 1 aromatic heterocycles. The summed E-state index contributed by atoms with van der Waals surface area (Å²) < 4.78 is 18.6. The second kappa shape index (κ2) is 4.66. The molecule has 0 radical (unpaired) electrons. The molecule has 7 heteroatoms. The lowest BCUT2D eigenvalue weighted by atomic mass is 10.3. The lowest BCUT2D eigenvalue weighted by Crippen LogP contribution is -1.94. The largest absolute Gasteiger partial charge is 0.450 e. The van der Waals surface area contributed by atoms with E-state index < -0.39 is 10.7 Å². The number of hydrogen-bond acceptors (Lipinski definition) is 5. The first-order chi connectivity index (χ1) is 8.56. The van der Waals surface area contributed by atoms with E-state index in [1.807, 2.05) is 0 Å². The lowest BCUT2D eigenvalue weighted by Gasteiger charge is -2.05. The molecule has 0 amide bonds. The Bertz CT molecular complexity index is 587. The maximum absolute atomic E-state index is 13.4. The minimum atomic E-state index is -0.631. The van der Waals surface area contributed by atoms with Crippen molar-refractivity contribution in [3.63, 3.8) is 0 Å². The number of nitrogens with two attached hydrogens (primary N) is 1. The van der Waals surface area contributed by atoms with Crippen LogP contribution in [0.5, 0.6) is 11.5 Å². The molecule has 92 valence electrons. The van der Waals surface area contributed by atoms with E-state index >= 15 is 0 Å². The molecule has 1 aromatic carbocycles. The Morgan fingerprint density at radius 2 is 2.11 bits per heavy atom. The van der Waals surface area contributed by atoms with Crippen LogP contribution in [0.4, 0.5) is 15.9 Å². The fourth-order valence-corrected chi connectivity index (χ4v) is 1.27. The third kappa shape index (κ3) is 2.51. The summed E-state index contributed by atoms with van der Waals surface area (Å²) in [4.78, 5) is 13.3. The third-order valence-corrected chi connectivity index (χ3v) is 2.09. The summed E-state index contributed by atoms with van der Waals surface area (Å²) >= 11 is 0. The van der Waals surface area contributed by atoms with Gasteiger partial charge in [0.05, 0.1) is 0 Å². The highest BCUT2D eigenvalue weighted by Crippen LogP contribution is 2.26. The standard InChI is InChI=1S/C11H8FN3O3/c12-9-5-7(13)1-3-10(9)18-8-2-4-11(14-6-8)15(16)17/h1-6H,13H2. The van der Waals surface area contributed by atoms with Crippen LogP contribution in [-0.2, 0) is 0 Å². The van der Waals surface area contributed by atoms with Gasteiger partial charge in [-0.25, -0.2) is 4.39 Å². The van der Waals surface area contributed by atoms with Crippen LogP contribution in [0, 0.1) is 15.9 Å². The average molecular weight is 249 g/mol. The van der Waals surface area contributed by atoms with Gasteiger partial charge in [-0.3, -0.25) is 0 Å². The van der Waals surface area contributed by atoms with Crippen molar-refractivity contribution in [2.75, 3.05) is 5.73 Å². The van der Waals surface area contributed by atoms with Crippen LogP contribution in [0.3, 0.4) is 0 Å². The predicted molar refractivity (Wildman–Crippen MR) is 61.8 cm³/mol. The lowest BCUT2D eigenvalue weighted by molar-refractivity contribution is -0.389. The molecule has 0 bridgehead atoms. The normalized spacial score (nSPS) is 10.1. The van der Waals surface area contributed by atoms with E-state index in [0.29, 0.717) is 0 Å². The first-order valence-corrected chi connectivity index (χ1v) is 4.89. The molecule has 18 heavy (non-hydrogen) atoms. The van der Waals surface area contributed by atoms with E-state index in [1.165, 1.54) is 24.3 Å². The summed E-state index contributed by atoms with van der Waals surface area (Å²) in [5.74, 6) is -0.752. The Kier molecular flexibility index (Phi) is 3.05. The smallest absolute Gasteiger partial charge is 0.363 e. The molecule has 2 aromatic rings. The van der Waals surface area contributed by atoms with Crippen LogP contribution in [0.1, 0.15) is 0 Å². The Balaban J connectivity index is 2.21. The first-order valence-electron chi connectivity index (χ1n) is 4.89. The minimum absolute atomic E-state index is 0.0279. The summed E-state index contributed by atoms with van der Waals surface area (Å²) in [5.41, 5.74) is 5.67. The quantitative estimate of drug-likeness (QED) is 0.512. The van der Waals surface area contributed by atoms with Crippen LogP contribution < -0.4 is 10.5 Å². The number of nitro groups is 1. The van der Waals surface area contributed by atoms with Crippen molar-refractivity contribution in [3.05, 3.63) is 52.5 Å². The molecule has 2 N–H and O–H groups in total. The summed E-state index contributed by atoms with van der Waals surface area (Å²) in [7, 11) is 0. The molecule has 1 heterocycles. The monoisotopic (exact) mass is 249 g/mol. The molecule has 0 aliphatic heterocycles. The molecule has 0 aliphatic rings. The molecular formula is C11H8FN3O3. The number of halogens is 1. The zero-order chi connectivity index (χ0) is 13.1. The predicted octanol–water partition coefficient (Wildman–Crippen LogP) is 2.50. The van der Waals surface area contributed by atoms with Gasteiger partial charge < -0.3 is 20.6 Å². The van der Waals surface area contributed by atoms with Crippen LogP contribution in [0.15, 0.2) is 36.5 Å². The number of aromatic nitrogens is 1. The number of hydrogen-bond donors (Lipinski definition) is 1. The number of ether oxygens (including phenoxy) is 1. The number of benzene rings is 1. The molecule has 2 rings (SSSR count). The van der Waals surface area contributed by atoms with Crippen LogP contribution in [-0.4, -0.2) is 9.91 Å². The Hall–Kier alpha value is -2.70. The second-order valence-electron chi connectivity index (χ2n) is 3.40. The first kappa shape index (κ1) is 11.8. The molecule has 0 atom stereocenters. The van der Waals surface area contributed by atoms with Gasteiger partial charge in [0.25, 0.3) is 0 Å². The summed E-state index contributed by atoms with van der Waals surface area (Å²) in [6, 6.07) is 6.48. The topological polar surface area (TPSA) is 91.3 Å². The summed E-state index contributed by atoms with van der Waals surface area (Å²) in [6.07, 6.45) is 1.15. The molecule has 0 fully saturated rings. The highest BCUT2D eigenvalue weighted by Gasteiger charge is 2.09. The maximum Gasteiger partial charge on any atom is 0.363 e. The zero-order valence-electron chi connectivity index (χ0n) is 9.04. The number of anilines is 1. The molecule has 0 unspecified atom stereocenters. The van der Waals surface area contributed by atoms with Gasteiger partial charge in [-0.15, -0.1) is 0 Å². The Morgan fingerprint density at radius 1 is 1.33 bits per heavy atom. The highest BCUT2D eigenvalue weighted by atomic mass is 19.1. The molecule has 0 saturated heterocycles. The van der Waals surface area contributed by atoms with E-state index in [0.717, 1.165) is 12.3 Å². The van der Waals surface area contributed by atoms with E-state index in [-0.39, 0.29) is 23.0 Å². The summed E-state index contributed by atoms with van der Waals surface area (Å²) in [5, 5.41) is 10.4. The average Bonchev–Trinajstić information content (AvgIpc) is 2.33. The van der Waals surface area contributed by atoms with E-state index in [4.69, 9.17) is 10.5 Å². The Labute approximate surface area is 101 Å². The van der Waals surface area contributed by atoms with Crippen molar-refractivity contribution in [1.29, 1.82) is 0 Å². The van der Waals surface area contributed by atoms with E-state index in [9.17, 15) is 14.5 Å². The summed E-state index contributed by atoms with van der Waals surface area (Å²) in [6.45, 7) is 0. The number of nitrogen functional groups attached to an aromatic ring is 1. The minimum Gasteiger partial charge on any atom is -0.450 e. The zero-order valence-corrected chi connectivity index (χ0v) is 9.04. The molecule has 0 spiro atoms. The third-order valence-electron chi connectivity index (χ3n) is 2.09. The van der Waals surface area contributed by atoms with Gasteiger partial charge in [-0.2, -0.15) is 0 Å². The highest BCUT2D eigenvalue weighted by molar-refractivity contribution is 5.44.